The molecule has 5 nitrogen and oxygen atoms in total. The lowest BCUT2D eigenvalue weighted by Crippen LogP contribution is -2.37. The van der Waals surface area contributed by atoms with Crippen LogP contribution in [0.15, 0.2) is 24.3 Å². The monoisotopic (exact) mass is 377 g/mol. The zero-order valence-corrected chi connectivity index (χ0v) is 13.0. The van der Waals surface area contributed by atoms with Crippen LogP contribution in [0, 0.1) is 3.57 Å². The molecule has 6 heteroatoms. The molecule has 19 heavy (non-hydrogen) atoms. The quantitative estimate of drug-likeness (QED) is 0.465. The van der Waals surface area contributed by atoms with Gasteiger partial charge in [0.15, 0.2) is 6.10 Å². The van der Waals surface area contributed by atoms with E-state index in [9.17, 15) is 9.59 Å². The minimum Gasteiger partial charge on any atom is -0.449 e. The first-order chi connectivity index (χ1) is 9.06. The molecule has 0 heterocycles. The predicted molar refractivity (Wildman–Crippen MR) is 78.9 cm³/mol. The second kappa shape index (κ2) is 8.11. The summed E-state index contributed by atoms with van der Waals surface area (Å²) >= 11 is 2.05. The van der Waals surface area contributed by atoms with Gasteiger partial charge in [-0.15, -0.1) is 0 Å². The fourth-order valence-corrected chi connectivity index (χ4v) is 1.93. The van der Waals surface area contributed by atoms with Crippen LogP contribution in [0.3, 0.4) is 0 Å². The third kappa shape index (κ3) is 5.15. The van der Waals surface area contributed by atoms with Gasteiger partial charge in [-0.05, 0) is 41.6 Å². The summed E-state index contributed by atoms with van der Waals surface area (Å²) in [4.78, 5) is 23.5. The second-order valence-electron chi connectivity index (χ2n) is 3.81. The topological polar surface area (TPSA) is 64.6 Å². The van der Waals surface area contributed by atoms with Gasteiger partial charge in [-0.25, -0.2) is 4.79 Å². The van der Waals surface area contributed by atoms with Crippen LogP contribution in [-0.2, 0) is 14.3 Å². The van der Waals surface area contributed by atoms with Gasteiger partial charge in [0, 0.05) is 17.2 Å². The molecular formula is C13H16INO4. The second-order valence-corrected chi connectivity index (χ2v) is 4.97. The van der Waals surface area contributed by atoms with E-state index in [-0.39, 0.29) is 5.91 Å². The lowest BCUT2D eigenvalue weighted by Gasteiger charge is -2.13. The lowest BCUT2D eigenvalue weighted by atomic mass is 10.2. The Kier molecular flexibility index (Phi) is 6.79. The average Bonchev–Trinajstić information content (AvgIpc) is 2.39. The normalized spacial score (nSPS) is 11.7. The van der Waals surface area contributed by atoms with Gasteiger partial charge in [0.1, 0.15) is 0 Å². The molecular weight excluding hydrogens is 361 g/mol. The minimum absolute atomic E-state index is 0.337. The molecule has 1 N–H and O–H groups in total. The van der Waals surface area contributed by atoms with Crippen molar-refractivity contribution in [3.8, 4) is 0 Å². The van der Waals surface area contributed by atoms with E-state index in [2.05, 4.69) is 5.32 Å². The molecule has 0 fully saturated rings. The molecule has 104 valence electrons. The van der Waals surface area contributed by atoms with Crippen LogP contribution >= 0.6 is 22.6 Å². The standard InChI is InChI=1S/C13H16INO4/c1-9(12(16)15-7-8-18-2)19-13(17)10-5-3-4-6-11(10)14/h3-6,9H,7-8H2,1-2H3,(H,15,16)/t9-/m0/s1. The highest BCUT2D eigenvalue weighted by atomic mass is 127. The fourth-order valence-electron chi connectivity index (χ4n) is 1.32. The van der Waals surface area contributed by atoms with Crippen molar-refractivity contribution in [2.24, 2.45) is 0 Å². The number of nitrogens with one attached hydrogen (secondary N) is 1. The number of methoxy groups -OCH3 is 1. The Morgan fingerprint density at radius 2 is 2.05 bits per heavy atom. The maximum Gasteiger partial charge on any atom is 0.339 e. The zero-order chi connectivity index (χ0) is 14.3. The maximum absolute atomic E-state index is 11.9. The van der Waals surface area contributed by atoms with Crippen LogP contribution in [0.5, 0.6) is 0 Å². The number of carbonyl (C=O) groups is 2. The summed E-state index contributed by atoms with van der Waals surface area (Å²) < 4.78 is 10.7. The third-order valence-electron chi connectivity index (χ3n) is 2.35. The molecule has 1 amide bonds. The average molecular weight is 377 g/mol. The van der Waals surface area contributed by atoms with Gasteiger partial charge >= 0.3 is 5.97 Å². The minimum atomic E-state index is -0.833. The largest absolute Gasteiger partial charge is 0.449 e. The third-order valence-corrected chi connectivity index (χ3v) is 3.29. The molecule has 0 radical (unpaired) electrons. The van der Waals surface area contributed by atoms with Gasteiger partial charge in [0.05, 0.1) is 12.2 Å². The van der Waals surface area contributed by atoms with Gasteiger partial charge in [0.25, 0.3) is 5.91 Å². The van der Waals surface area contributed by atoms with Gasteiger partial charge in [-0.2, -0.15) is 0 Å². The summed E-state index contributed by atoms with van der Waals surface area (Å²) in [6.45, 7) is 2.35. The Labute approximate surface area is 125 Å². The first-order valence-corrected chi connectivity index (χ1v) is 6.86. The highest BCUT2D eigenvalue weighted by molar-refractivity contribution is 14.1. The molecule has 1 aromatic carbocycles. The van der Waals surface area contributed by atoms with Crippen LogP contribution in [0.1, 0.15) is 17.3 Å². The van der Waals surface area contributed by atoms with E-state index in [4.69, 9.17) is 9.47 Å². The van der Waals surface area contributed by atoms with Crippen molar-refractivity contribution in [3.05, 3.63) is 33.4 Å². The molecule has 0 spiro atoms. The molecule has 0 aliphatic carbocycles. The summed E-state index contributed by atoms with van der Waals surface area (Å²) in [5.74, 6) is -0.837. The van der Waals surface area contributed by atoms with Crippen LogP contribution in [-0.4, -0.2) is 38.2 Å². The van der Waals surface area contributed by atoms with E-state index in [1.807, 2.05) is 28.7 Å². The van der Waals surface area contributed by atoms with Crippen molar-refractivity contribution in [2.75, 3.05) is 20.3 Å². The maximum atomic E-state index is 11.9. The Bertz CT molecular complexity index is 450. The molecule has 0 aromatic heterocycles. The molecule has 1 aromatic rings. The van der Waals surface area contributed by atoms with Gasteiger partial charge in [0.2, 0.25) is 0 Å². The molecule has 0 aliphatic rings. The summed E-state index contributed by atoms with van der Waals surface area (Å²) in [6, 6.07) is 7.06. The molecule has 0 aliphatic heterocycles. The molecule has 0 saturated carbocycles. The van der Waals surface area contributed by atoms with Gasteiger partial charge in [-0.3, -0.25) is 4.79 Å². The zero-order valence-electron chi connectivity index (χ0n) is 10.8. The van der Waals surface area contributed by atoms with E-state index in [0.29, 0.717) is 18.7 Å². The van der Waals surface area contributed by atoms with E-state index in [0.717, 1.165) is 3.57 Å². The Morgan fingerprint density at radius 1 is 1.37 bits per heavy atom. The summed E-state index contributed by atoms with van der Waals surface area (Å²) in [5.41, 5.74) is 0.458. The number of hydrogen-bond acceptors (Lipinski definition) is 4. The van der Waals surface area contributed by atoms with E-state index in [1.165, 1.54) is 6.92 Å². The molecule has 0 bridgehead atoms. The van der Waals surface area contributed by atoms with Crippen LogP contribution in [0.4, 0.5) is 0 Å². The van der Waals surface area contributed by atoms with Crippen molar-refractivity contribution in [1.82, 2.24) is 5.32 Å². The van der Waals surface area contributed by atoms with Crippen molar-refractivity contribution in [3.63, 3.8) is 0 Å². The van der Waals surface area contributed by atoms with Gasteiger partial charge in [-0.1, -0.05) is 12.1 Å². The highest BCUT2D eigenvalue weighted by Crippen LogP contribution is 2.13. The number of ether oxygens (including phenoxy) is 2. The van der Waals surface area contributed by atoms with Crippen molar-refractivity contribution in [2.45, 2.75) is 13.0 Å². The summed E-state index contributed by atoms with van der Waals surface area (Å²) in [6.07, 6.45) is -0.833. The Balaban J connectivity index is 2.52. The molecule has 1 atom stereocenters. The van der Waals surface area contributed by atoms with Crippen molar-refractivity contribution in [1.29, 1.82) is 0 Å². The van der Waals surface area contributed by atoms with Crippen LogP contribution < -0.4 is 5.32 Å². The Morgan fingerprint density at radius 3 is 2.68 bits per heavy atom. The number of carbonyl (C=O) groups excluding carboxylic acids is 2. The summed E-state index contributed by atoms with van der Waals surface area (Å²) in [7, 11) is 1.55. The number of hydrogen-bond donors (Lipinski definition) is 1. The Hall–Kier alpha value is -1.15. The molecule has 1 rings (SSSR count). The smallest absolute Gasteiger partial charge is 0.339 e. The predicted octanol–water partition coefficient (Wildman–Crippen LogP) is 1.60. The van der Waals surface area contributed by atoms with Crippen LogP contribution in [0.25, 0.3) is 0 Å². The highest BCUT2D eigenvalue weighted by Gasteiger charge is 2.19. The SMILES string of the molecule is COCCNC(=O)[C@H](C)OC(=O)c1ccccc1I. The first-order valence-electron chi connectivity index (χ1n) is 5.78. The van der Waals surface area contributed by atoms with Crippen molar-refractivity contribution >= 4 is 34.5 Å². The van der Waals surface area contributed by atoms with E-state index >= 15 is 0 Å². The van der Waals surface area contributed by atoms with Gasteiger partial charge < -0.3 is 14.8 Å². The molecule has 0 saturated heterocycles. The number of esters is 1. The number of amides is 1. The number of halogens is 1. The number of rotatable bonds is 6. The fraction of sp³-hybridized carbons (Fsp3) is 0.385. The van der Waals surface area contributed by atoms with Crippen LogP contribution in [0.2, 0.25) is 0 Å². The number of benzene rings is 1. The van der Waals surface area contributed by atoms with Crippen molar-refractivity contribution < 1.29 is 19.1 Å². The van der Waals surface area contributed by atoms with E-state index in [1.54, 1.807) is 25.3 Å². The molecule has 0 unspecified atom stereocenters. The summed E-state index contributed by atoms with van der Waals surface area (Å²) in [5, 5.41) is 2.61. The first kappa shape index (κ1) is 15.9. The lowest BCUT2D eigenvalue weighted by molar-refractivity contribution is -0.129. The van der Waals surface area contributed by atoms with E-state index < -0.39 is 12.1 Å².